The highest BCUT2D eigenvalue weighted by Crippen LogP contribution is 2.35. The molecule has 2 amide bonds. The fourth-order valence-electron chi connectivity index (χ4n) is 3.18. The lowest BCUT2D eigenvalue weighted by Crippen LogP contribution is -2.48. The van der Waals surface area contributed by atoms with Gasteiger partial charge in [-0.1, -0.05) is 30.7 Å². The Morgan fingerprint density at radius 3 is 2.83 bits per heavy atom. The molecule has 24 heavy (non-hydrogen) atoms. The van der Waals surface area contributed by atoms with Crippen molar-refractivity contribution in [3.8, 4) is 0 Å². The van der Waals surface area contributed by atoms with Gasteiger partial charge in [-0.3, -0.25) is 0 Å². The topological polar surface area (TPSA) is 50.2 Å². The fraction of sp³-hybridized carbons (Fsp3) is 0.444. The average molecular weight is 347 g/mol. The van der Waals surface area contributed by atoms with Crippen molar-refractivity contribution in [1.29, 1.82) is 0 Å². The molecule has 0 unspecified atom stereocenters. The minimum atomic E-state index is 0.0169. The van der Waals surface area contributed by atoms with Crippen LogP contribution in [0.25, 0.3) is 0 Å². The first-order valence-corrected chi connectivity index (χ1v) is 8.69. The van der Waals surface area contributed by atoms with Crippen LogP contribution in [0.5, 0.6) is 0 Å². The van der Waals surface area contributed by atoms with Crippen molar-refractivity contribution in [2.24, 2.45) is 0 Å². The van der Waals surface area contributed by atoms with Gasteiger partial charge in [0.1, 0.15) is 0 Å². The molecule has 0 bridgehead atoms. The molecule has 1 aliphatic rings. The van der Waals surface area contributed by atoms with Crippen LogP contribution in [-0.4, -0.2) is 40.1 Å². The third kappa shape index (κ3) is 3.90. The summed E-state index contributed by atoms with van der Waals surface area (Å²) in [6, 6.07) is 8.09. The van der Waals surface area contributed by atoms with E-state index in [1.165, 1.54) is 5.56 Å². The van der Waals surface area contributed by atoms with E-state index >= 15 is 0 Å². The fourth-order valence-corrected chi connectivity index (χ4v) is 3.37. The molecular formula is C18H23ClN4O. The molecule has 5 nitrogen and oxygen atoms in total. The Morgan fingerprint density at radius 1 is 1.38 bits per heavy atom. The SMILES string of the molecule is CC1(c2cccc(Cl)c2)CCN(C(=O)NCCn2ccnc2)CC1. The second kappa shape index (κ2) is 7.26. The van der Waals surface area contributed by atoms with Crippen LogP contribution in [0.4, 0.5) is 4.79 Å². The number of aromatic nitrogens is 2. The van der Waals surface area contributed by atoms with Crippen molar-refractivity contribution in [1.82, 2.24) is 19.8 Å². The minimum absolute atomic E-state index is 0.0169. The van der Waals surface area contributed by atoms with Gasteiger partial charge in [0.15, 0.2) is 0 Å². The Kier molecular flexibility index (Phi) is 5.09. The third-order valence-corrected chi connectivity index (χ3v) is 5.12. The maximum absolute atomic E-state index is 12.3. The molecule has 0 saturated carbocycles. The number of amides is 2. The molecule has 0 aliphatic carbocycles. The van der Waals surface area contributed by atoms with Crippen LogP contribution >= 0.6 is 11.6 Å². The molecule has 1 aromatic carbocycles. The highest BCUT2D eigenvalue weighted by Gasteiger charge is 2.33. The predicted octanol–water partition coefficient (Wildman–Crippen LogP) is 3.30. The number of likely N-dealkylation sites (tertiary alicyclic amines) is 1. The Balaban J connectivity index is 1.50. The molecule has 1 aliphatic heterocycles. The van der Waals surface area contributed by atoms with E-state index in [2.05, 4.69) is 23.3 Å². The summed E-state index contributed by atoms with van der Waals surface area (Å²) in [5, 5.41) is 3.76. The number of urea groups is 1. The van der Waals surface area contributed by atoms with E-state index in [9.17, 15) is 4.79 Å². The number of hydrogen-bond acceptors (Lipinski definition) is 2. The van der Waals surface area contributed by atoms with Crippen molar-refractivity contribution in [2.75, 3.05) is 19.6 Å². The van der Waals surface area contributed by atoms with Crippen LogP contribution < -0.4 is 5.32 Å². The van der Waals surface area contributed by atoms with Gasteiger partial charge in [0.05, 0.1) is 6.33 Å². The quantitative estimate of drug-likeness (QED) is 0.923. The molecule has 3 rings (SSSR count). The van der Waals surface area contributed by atoms with Gasteiger partial charge in [0, 0.05) is 43.6 Å². The number of hydrogen-bond donors (Lipinski definition) is 1. The smallest absolute Gasteiger partial charge is 0.317 e. The van der Waals surface area contributed by atoms with Crippen molar-refractivity contribution < 1.29 is 4.79 Å². The Hall–Kier alpha value is -2.01. The lowest BCUT2D eigenvalue weighted by molar-refractivity contribution is 0.162. The summed E-state index contributed by atoms with van der Waals surface area (Å²) in [6.07, 6.45) is 7.28. The zero-order chi connectivity index (χ0) is 17.0. The van der Waals surface area contributed by atoms with Crippen molar-refractivity contribution in [3.05, 3.63) is 53.6 Å². The number of halogens is 1. The molecule has 1 saturated heterocycles. The monoisotopic (exact) mass is 346 g/mol. The largest absolute Gasteiger partial charge is 0.336 e. The number of rotatable bonds is 4. The lowest BCUT2D eigenvalue weighted by atomic mass is 9.74. The van der Waals surface area contributed by atoms with Crippen LogP contribution in [0, 0.1) is 0 Å². The van der Waals surface area contributed by atoms with Gasteiger partial charge in [-0.25, -0.2) is 9.78 Å². The van der Waals surface area contributed by atoms with Crippen LogP contribution in [0.2, 0.25) is 5.02 Å². The van der Waals surface area contributed by atoms with E-state index in [1.54, 1.807) is 12.5 Å². The van der Waals surface area contributed by atoms with Gasteiger partial charge < -0.3 is 14.8 Å². The summed E-state index contributed by atoms with van der Waals surface area (Å²) >= 11 is 6.12. The van der Waals surface area contributed by atoms with Gasteiger partial charge in [-0.05, 0) is 36.0 Å². The van der Waals surface area contributed by atoms with Crippen LogP contribution in [0.3, 0.4) is 0 Å². The zero-order valence-corrected chi connectivity index (χ0v) is 14.7. The first-order chi connectivity index (χ1) is 11.6. The molecular weight excluding hydrogens is 324 g/mol. The van der Waals surface area contributed by atoms with Crippen LogP contribution in [0.1, 0.15) is 25.3 Å². The number of imidazole rings is 1. The van der Waals surface area contributed by atoms with Crippen molar-refractivity contribution >= 4 is 17.6 Å². The van der Waals surface area contributed by atoms with Gasteiger partial charge in [-0.15, -0.1) is 0 Å². The number of benzene rings is 1. The highest BCUT2D eigenvalue weighted by molar-refractivity contribution is 6.30. The second-order valence-electron chi connectivity index (χ2n) is 6.59. The second-order valence-corrected chi connectivity index (χ2v) is 7.03. The lowest BCUT2D eigenvalue weighted by Gasteiger charge is -2.39. The Labute approximate surface area is 147 Å². The number of carbonyl (C=O) groups is 1. The molecule has 2 aromatic rings. The number of carbonyl (C=O) groups excluding carboxylic acids is 1. The standard InChI is InChI=1S/C18H23ClN4O/c1-18(15-3-2-4-16(19)13-15)5-9-23(10-6-18)17(24)21-8-12-22-11-7-20-14-22/h2-4,7,11,13-14H,5-6,8-10,12H2,1H3,(H,21,24). The zero-order valence-electron chi connectivity index (χ0n) is 13.9. The van der Waals surface area contributed by atoms with E-state index in [0.29, 0.717) is 6.54 Å². The molecule has 0 atom stereocenters. The van der Waals surface area contributed by atoms with Crippen molar-refractivity contribution in [3.63, 3.8) is 0 Å². The first-order valence-electron chi connectivity index (χ1n) is 8.31. The van der Waals surface area contributed by atoms with E-state index in [4.69, 9.17) is 11.6 Å². The molecule has 6 heteroatoms. The Bertz CT molecular complexity index is 678. The summed E-state index contributed by atoms with van der Waals surface area (Å²) in [5.41, 5.74) is 1.34. The van der Waals surface area contributed by atoms with E-state index < -0.39 is 0 Å². The summed E-state index contributed by atoms with van der Waals surface area (Å²) in [5.74, 6) is 0. The number of nitrogens with one attached hydrogen (secondary N) is 1. The van der Waals surface area contributed by atoms with Crippen LogP contribution in [0.15, 0.2) is 43.0 Å². The summed E-state index contributed by atoms with van der Waals surface area (Å²) in [6.45, 7) is 5.13. The summed E-state index contributed by atoms with van der Waals surface area (Å²) in [4.78, 5) is 18.2. The molecule has 0 radical (unpaired) electrons. The van der Waals surface area contributed by atoms with Gasteiger partial charge in [0.2, 0.25) is 0 Å². The molecule has 128 valence electrons. The van der Waals surface area contributed by atoms with E-state index in [1.807, 2.05) is 33.9 Å². The van der Waals surface area contributed by atoms with Gasteiger partial charge >= 0.3 is 6.03 Å². The molecule has 1 fully saturated rings. The van der Waals surface area contributed by atoms with E-state index in [-0.39, 0.29) is 11.4 Å². The minimum Gasteiger partial charge on any atom is -0.336 e. The number of nitrogens with zero attached hydrogens (tertiary/aromatic N) is 3. The predicted molar refractivity (Wildman–Crippen MR) is 95.2 cm³/mol. The maximum Gasteiger partial charge on any atom is 0.317 e. The van der Waals surface area contributed by atoms with Crippen LogP contribution in [-0.2, 0) is 12.0 Å². The molecule has 1 aromatic heterocycles. The van der Waals surface area contributed by atoms with Crippen molar-refractivity contribution in [2.45, 2.75) is 31.7 Å². The van der Waals surface area contributed by atoms with Gasteiger partial charge in [0.25, 0.3) is 0 Å². The highest BCUT2D eigenvalue weighted by atomic mass is 35.5. The normalized spacial score (nSPS) is 16.8. The molecule has 1 N–H and O–H groups in total. The Morgan fingerprint density at radius 2 is 2.17 bits per heavy atom. The molecule has 0 spiro atoms. The summed E-state index contributed by atoms with van der Waals surface area (Å²) < 4.78 is 1.95. The third-order valence-electron chi connectivity index (χ3n) is 4.88. The van der Waals surface area contributed by atoms with Gasteiger partial charge in [-0.2, -0.15) is 0 Å². The molecule has 2 heterocycles. The van der Waals surface area contributed by atoms with E-state index in [0.717, 1.165) is 37.5 Å². The first kappa shape index (κ1) is 16.8. The average Bonchev–Trinajstić information content (AvgIpc) is 3.09. The maximum atomic E-state index is 12.3. The number of piperidine rings is 1. The summed E-state index contributed by atoms with van der Waals surface area (Å²) in [7, 11) is 0.